The molecule has 0 fully saturated rings. The molecule has 0 aromatic heterocycles. The zero-order valence-corrected chi connectivity index (χ0v) is 13.1. The van der Waals surface area contributed by atoms with E-state index in [0.717, 1.165) is 27.1 Å². The summed E-state index contributed by atoms with van der Waals surface area (Å²) in [5, 5.41) is 16.2. The number of carbonyl (C=O) groups excluding carboxylic acids is 1. The Morgan fingerprint density at radius 3 is 1.91 bits per heavy atom. The Morgan fingerprint density at radius 1 is 1.00 bits per heavy atom. The maximum atomic E-state index is 11.9. The van der Waals surface area contributed by atoms with Crippen molar-refractivity contribution in [1.29, 1.82) is 5.26 Å². The van der Waals surface area contributed by atoms with Gasteiger partial charge < -0.3 is 5.32 Å². The lowest BCUT2D eigenvalue weighted by molar-refractivity contribution is -0.116. The molecule has 1 N–H and O–H groups in total. The number of nitrogens with one attached hydrogen (secondary N) is 1. The summed E-state index contributed by atoms with van der Waals surface area (Å²) in [4.78, 5) is 11.9. The summed E-state index contributed by atoms with van der Waals surface area (Å²) in [7, 11) is 1.53. The number of aryl methyl sites for hydroxylation is 1. The maximum absolute atomic E-state index is 11.9. The molecular weight excluding hydrogens is 284 g/mol. The summed E-state index contributed by atoms with van der Waals surface area (Å²) in [5.74, 6) is -0.374. The lowest BCUT2D eigenvalue weighted by Gasteiger charge is -2.12. The van der Waals surface area contributed by atoms with Crippen molar-refractivity contribution < 1.29 is 4.79 Å². The first-order chi connectivity index (χ1) is 11.2. The quantitative estimate of drug-likeness (QED) is 0.442. The fraction of sp³-hybridized carbons (Fsp3) is 0.100. The Hall–Kier alpha value is -3.12. The molecule has 0 bridgehead atoms. The zero-order chi connectivity index (χ0) is 16.4. The number of likely N-dealkylation sites (N-methyl/N-ethyl adjacent to an activating group) is 1. The zero-order valence-electron chi connectivity index (χ0n) is 13.1. The highest BCUT2D eigenvalue weighted by Crippen LogP contribution is 2.33. The van der Waals surface area contributed by atoms with Gasteiger partial charge in [-0.3, -0.25) is 4.79 Å². The van der Waals surface area contributed by atoms with E-state index in [0.29, 0.717) is 0 Å². The number of benzene rings is 3. The monoisotopic (exact) mass is 300 g/mol. The Morgan fingerprint density at radius 2 is 1.48 bits per heavy atom. The molecule has 0 saturated carbocycles. The highest BCUT2D eigenvalue weighted by molar-refractivity contribution is 6.12. The van der Waals surface area contributed by atoms with E-state index in [9.17, 15) is 10.1 Å². The number of fused-ring (bicyclic) bond motifs is 2. The van der Waals surface area contributed by atoms with Crippen LogP contribution in [0.3, 0.4) is 0 Å². The summed E-state index contributed by atoms with van der Waals surface area (Å²) in [6.07, 6.45) is 1.68. The minimum atomic E-state index is -0.374. The lowest BCUT2D eigenvalue weighted by atomic mass is 9.91. The summed E-state index contributed by atoms with van der Waals surface area (Å²) >= 11 is 0. The molecule has 0 aliphatic rings. The van der Waals surface area contributed by atoms with Gasteiger partial charge in [0, 0.05) is 7.05 Å². The van der Waals surface area contributed by atoms with Crippen LogP contribution in [0.15, 0.2) is 54.1 Å². The summed E-state index contributed by atoms with van der Waals surface area (Å²) in [6.45, 7) is 2.10. The van der Waals surface area contributed by atoms with Crippen molar-refractivity contribution in [2.75, 3.05) is 7.05 Å². The van der Waals surface area contributed by atoms with Crippen LogP contribution in [-0.2, 0) is 4.79 Å². The molecule has 23 heavy (non-hydrogen) atoms. The fourth-order valence-corrected chi connectivity index (χ4v) is 2.96. The third-order valence-corrected chi connectivity index (χ3v) is 4.12. The Balaban J connectivity index is 2.47. The smallest absolute Gasteiger partial charge is 0.261 e. The number of hydrogen-bond acceptors (Lipinski definition) is 2. The molecule has 3 heteroatoms. The predicted octanol–water partition coefficient (Wildman–Crippen LogP) is 3.95. The van der Waals surface area contributed by atoms with Crippen molar-refractivity contribution in [2.24, 2.45) is 0 Å². The van der Waals surface area contributed by atoms with Crippen LogP contribution in [0.2, 0.25) is 0 Å². The standard InChI is InChI=1S/C20H16N2O/c1-13-15-7-3-5-9-17(15)19(11-14(12-21)20(23)22-2)18-10-6-4-8-16(13)18/h3-11H,1-2H3,(H,22,23)/b14-11-. The molecule has 0 radical (unpaired) electrons. The third-order valence-electron chi connectivity index (χ3n) is 4.12. The number of nitriles is 1. The number of rotatable bonds is 2. The molecule has 0 heterocycles. The van der Waals surface area contributed by atoms with Crippen LogP contribution in [-0.4, -0.2) is 13.0 Å². The van der Waals surface area contributed by atoms with Gasteiger partial charge in [0.25, 0.3) is 5.91 Å². The molecule has 0 atom stereocenters. The first-order valence-electron chi connectivity index (χ1n) is 7.41. The van der Waals surface area contributed by atoms with Gasteiger partial charge in [-0.05, 0) is 45.7 Å². The number of nitrogens with zero attached hydrogens (tertiary/aromatic N) is 1. The number of carbonyl (C=O) groups is 1. The van der Waals surface area contributed by atoms with Crippen molar-refractivity contribution >= 4 is 33.5 Å². The van der Waals surface area contributed by atoms with E-state index < -0.39 is 0 Å². The van der Waals surface area contributed by atoms with Gasteiger partial charge in [0.1, 0.15) is 11.6 Å². The molecular formula is C20H16N2O. The average molecular weight is 300 g/mol. The molecule has 0 spiro atoms. The highest BCUT2D eigenvalue weighted by Gasteiger charge is 2.12. The minimum absolute atomic E-state index is 0.103. The van der Waals surface area contributed by atoms with Gasteiger partial charge in [-0.25, -0.2) is 0 Å². The van der Waals surface area contributed by atoms with E-state index in [1.54, 1.807) is 6.08 Å². The molecule has 3 nitrogen and oxygen atoms in total. The van der Waals surface area contributed by atoms with Crippen molar-refractivity contribution in [3.05, 3.63) is 65.2 Å². The van der Waals surface area contributed by atoms with Gasteiger partial charge in [0.05, 0.1) is 0 Å². The van der Waals surface area contributed by atoms with Crippen LogP contribution >= 0.6 is 0 Å². The van der Waals surface area contributed by atoms with Gasteiger partial charge >= 0.3 is 0 Å². The van der Waals surface area contributed by atoms with Gasteiger partial charge in [0.2, 0.25) is 0 Å². The van der Waals surface area contributed by atoms with Crippen LogP contribution in [0.25, 0.3) is 27.6 Å². The lowest BCUT2D eigenvalue weighted by Crippen LogP contribution is -2.19. The Labute approximate surface area is 134 Å². The topological polar surface area (TPSA) is 52.9 Å². The van der Waals surface area contributed by atoms with Gasteiger partial charge in [-0.15, -0.1) is 0 Å². The minimum Gasteiger partial charge on any atom is -0.354 e. The molecule has 1 amide bonds. The maximum Gasteiger partial charge on any atom is 0.261 e. The fourth-order valence-electron chi connectivity index (χ4n) is 2.96. The summed E-state index contributed by atoms with van der Waals surface area (Å²) in [6, 6.07) is 18.1. The second-order valence-corrected chi connectivity index (χ2v) is 5.38. The highest BCUT2D eigenvalue weighted by atomic mass is 16.1. The first-order valence-corrected chi connectivity index (χ1v) is 7.41. The second kappa shape index (κ2) is 5.94. The SMILES string of the molecule is CNC(=O)/C(C#N)=C\c1c2ccccc2c(C)c2ccccc12. The van der Waals surface area contributed by atoms with Crippen LogP contribution in [0.4, 0.5) is 0 Å². The van der Waals surface area contributed by atoms with Gasteiger partial charge in [-0.2, -0.15) is 5.26 Å². The summed E-state index contributed by atoms with van der Waals surface area (Å²) in [5.41, 5.74) is 2.21. The number of hydrogen-bond donors (Lipinski definition) is 1. The van der Waals surface area contributed by atoms with E-state index in [1.165, 1.54) is 12.6 Å². The van der Waals surface area contributed by atoms with Crippen molar-refractivity contribution in [3.63, 3.8) is 0 Å². The van der Waals surface area contributed by atoms with E-state index in [4.69, 9.17) is 0 Å². The molecule has 3 rings (SSSR count). The molecule has 3 aromatic rings. The molecule has 0 unspecified atom stereocenters. The Kier molecular flexibility index (Phi) is 3.82. The van der Waals surface area contributed by atoms with Crippen molar-refractivity contribution in [1.82, 2.24) is 5.32 Å². The van der Waals surface area contributed by atoms with Gasteiger partial charge in [0.15, 0.2) is 0 Å². The molecule has 3 aromatic carbocycles. The third kappa shape index (κ3) is 2.45. The van der Waals surface area contributed by atoms with Crippen LogP contribution < -0.4 is 5.32 Å². The predicted molar refractivity (Wildman–Crippen MR) is 93.8 cm³/mol. The Bertz CT molecular complexity index is 937. The van der Waals surface area contributed by atoms with E-state index in [1.807, 2.05) is 42.5 Å². The van der Waals surface area contributed by atoms with Gasteiger partial charge in [-0.1, -0.05) is 48.5 Å². The van der Waals surface area contributed by atoms with E-state index in [2.05, 4.69) is 24.4 Å². The molecule has 0 saturated heterocycles. The average Bonchev–Trinajstić information content (AvgIpc) is 2.61. The van der Waals surface area contributed by atoms with Crippen LogP contribution in [0, 0.1) is 18.3 Å². The summed E-state index contributed by atoms with van der Waals surface area (Å²) < 4.78 is 0. The van der Waals surface area contributed by atoms with E-state index >= 15 is 0 Å². The largest absolute Gasteiger partial charge is 0.354 e. The van der Waals surface area contributed by atoms with Crippen molar-refractivity contribution in [2.45, 2.75) is 6.92 Å². The molecule has 0 aliphatic heterocycles. The molecule has 112 valence electrons. The number of amides is 1. The van der Waals surface area contributed by atoms with E-state index in [-0.39, 0.29) is 11.5 Å². The normalized spacial score (nSPS) is 11.4. The second-order valence-electron chi connectivity index (χ2n) is 5.38. The molecule has 0 aliphatic carbocycles. The first kappa shape index (κ1) is 14.8. The van der Waals surface area contributed by atoms with Crippen molar-refractivity contribution in [3.8, 4) is 6.07 Å². The van der Waals surface area contributed by atoms with Crippen LogP contribution in [0.1, 0.15) is 11.1 Å². The van der Waals surface area contributed by atoms with Crippen LogP contribution in [0.5, 0.6) is 0 Å².